The number of hydroxylamine groups is 2. The second-order valence-corrected chi connectivity index (χ2v) is 5.24. The lowest BCUT2D eigenvalue weighted by atomic mass is 9.93. The summed E-state index contributed by atoms with van der Waals surface area (Å²) in [4.78, 5) is 50.3. The van der Waals surface area contributed by atoms with Crippen molar-refractivity contribution >= 4 is 32.0 Å². The molecule has 1 rings (SSSR count). The third kappa shape index (κ3) is 6.67. The van der Waals surface area contributed by atoms with Gasteiger partial charge in [-0.05, 0) is 38.2 Å². The molecular weight excluding hydrogens is 301 g/mol. The molecule has 0 aliphatic heterocycles. The molecule has 1 aliphatic carbocycles. The molecule has 0 bridgehead atoms. The molecule has 0 N–H and O–H groups in total. The van der Waals surface area contributed by atoms with E-state index in [4.69, 9.17) is 17.4 Å². The van der Waals surface area contributed by atoms with Gasteiger partial charge in [-0.2, -0.15) is 0 Å². The Balaban J connectivity index is 2.61. The predicted octanol–water partition coefficient (Wildman–Crippen LogP) is 1.65. The predicted molar refractivity (Wildman–Crippen MR) is 81.0 cm³/mol. The van der Waals surface area contributed by atoms with Gasteiger partial charge >= 0.3 is 5.97 Å². The Labute approximate surface area is 136 Å². The monoisotopic (exact) mass is 321 g/mol. The van der Waals surface area contributed by atoms with Crippen molar-refractivity contribution in [2.24, 2.45) is 5.92 Å². The molecule has 0 saturated heterocycles. The van der Waals surface area contributed by atoms with Crippen molar-refractivity contribution in [3.63, 3.8) is 0 Å². The van der Waals surface area contributed by atoms with E-state index in [0.29, 0.717) is 37.2 Å². The summed E-state index contributed by atoms with van der Waals surface area (Å²) < 4.78 is 4.91. The van der Waals surface area contributed by atoms with Gasteiger partial charge in [0, 0.05) is 6.42 Å². The van der Waals surface area contributed by atoms with Crippen LogP contribution in [0, 0.1) is 5.92 Å². The van der Waals surface area contributed by atoms with Crippen LogP contribution in [0.1, 0.15) is 45.4 Å². The van der Waals surface area contributed by atoms with Crippen LogP contribution < -0.4 is 0 Å². The first-order chi connectivity index (χ1) is 11.0. The van der Waals surface area contributed by atoms with Gasteiger partial charge in [0.1, 0.15) is 6.10 Å². The highest BCUT2D eigenvalue weighted by atomic mass is 16.7. The van der Waals surface area contributed by atoms with E-state index >= 15 is 0 Å². The van der Waals surface area contributed by atoms with Crippen molar-refractivity contribution in [3.8, 4) is 0 Å². The summed E-state index contributed by atoms with van der Waals surface area (Å²) in [6.45, 7) is 1.78. The molecule has 0 fully saturated rings. The summed E-state index contributed by atoms with van der Waals surface area (Å²) in [7, 11) is 4.98. The van der Waals surface area contributed by atoms with E-state index in [0.717, 1.165) is 0 Å². The largest absolute Gasteiger partial charge is 0.467 e. The number of carbonyl (C=O) groups excluding carboxylic acids is 4. The second-order valence-electron chi connectivity index (χ2n) is 5.24. The van der Waals surface area contributed by atoms with Crippen LogP contribution in [0.25, 0.3) is 0 Å². The van der Waals surface area contributed by atoms with E-state index < -0.39 is 29.8 Å². The molecule has 7 nitrogen and oxygen atoms in total. The van der Waals surface area contributed by atoms with Crippen LogP contribution in [0.2, 0.25) is 0 Å². The highest BCUT2D eigenvalue weighted by Crippen LogP contribution is 2.22. The van der Waals surface area contributed by atoms with Crippen molar-refractivity contribution < 1.29 is 28.8 Å². The van der Waals surface area contributed by atoms with Crippen molar-refractivity contribution in [1.82, 2.24) is 5.06 Å². The molecule has 0 spiro atoms. The molecule has 0 aromatic rings. The lowest BCUT2D eigenvalue weighted by molar-refractivity contribution is -0.200. The maximum absolute atomic E-state index is 12.1. The quantitative estimate of drug-likeness (QED) is 0.331. The van der Waals surface area contributed by atoms with Gasteiger partial charge in [0.05, 0.1) is 5.92 Å². The average molecular weight is 321 g/mol. The van der Waals surface area contributed by atoms with Crippen molar-refractivity contribution in [1.29, 1.82) is 0 Å². The molecule has 23 heavy (non-hydrogen) atoms. The minimum Gasteiger partial charge on any atom is -0.467 e. The third-order valence-corrected chi connectivity index (χ3v) is 3.43. The SMILES string of the molecule is [B]C(=O)OC1/C=C/CCC(C(=O)ON(C=O)C(=O)CCC)CC1. The topological polar surface area (TPSA) is 90.0 Å². The molecule has 124 valence electrons. The highest BCUT2D eigenvalue weighted by Gasteiger charge is 2.26. The summed E-state index contributed by atoms with van der Waals surface area (Å²) in [6.07, 6.45) is 5.80. The Hall–Kier alpha value is -2.12. The third-order valence-electron chi connectivity index (χ3n) is 3.43. The number of hydrogen-bond acceptors (Lipinski definition) is 6. The fraction of sp³-hybridized carbons (Fsp3) is 0.600. The zero-order valence-corrected chi connectivity index (χ0v) is 13.1. The van der Waals surface area contributed by atoms with Crippen molar-refractivity contribution in [3.05, 3.63) is 12.2 Å². The molecule has 2 atom stereocenters. The first kappa shape index (κ1) is 18.9. The second kappa shape index (κ2) is 9.81. The van der Waals surface area contributed by atoms with Crippen LogP contribution in [0.4, 0.5) is 4.79 Å². The van der Waals surface area contributed by atoms with Gasteiger partial charge in [-0.15, -0.1) is 5.06 Å². The summed E-state index contributed by atoms with van der Waals surface area (Å²) in [6, 6.07) is 0. The van der Waals surface area contributed by atoms with Crippen LogP contribution in [0.3, 0.4) is 0 Å². The Morgan fingerprint density at radius 3 is 2.65 bits per heavy atom. The van der Waals surface area contributed by atoms with Gasteiger partial charge in [-0.25, -0.2) is 4.79 Å². The van der Waals surface area contributed by atoms with E-state index in [-0.39, 0.29) is 12.8 Å². The Bertz CT molecular complexity index is 479. The molecular formula is C15H20BNO6. The minimum atomic E-state index is -0.878. The Morgan fingerprint density at radius 2 is 2.04 bits per heavy atom. The highest BCUT2D eigenvalue weighted by molar-refractivity contribution is 6.55. The number of imide groups is 1. The van der Waals surface area contributed by atoms with Gasteiger partial charge < -0.3 is 9.57 Å². The van der Waals surface area contributed by atoms with Gasteiger partial charge in [0.2, 0.25) is 13.7 Å². The first-order valence-corrected chi connectivity index (χ1v) is 7.59. The molecule has 8 heteroatoms. The number of ether oxygens (including phenoxy) is 1. The van der Waals surface area contributed by atoms with E-state index in [2.05, 4.69) is 0 Å². The van der Waals surface area contributed by atoms with Gasteiger partial charge in [0.25, 0.3) is 12.3 Å². The number of amides is 2. The lowest BCUT2D eigenvalue weighted by Crippen LogP contribution is -2.35. The maximum Gasteiger partial charge on any atom is 0.336 e. The first-order valence-electron chi connectivity index (χ1n) is 7.59. The zero-order chi connectivity index (χ0) is 17.2. The van der Waals surface area contributed by atoms with Crippen LogP contribution in [-0.2, 0) is 24.0 Å². The van der Waals surface area contributed by atoms with Gasteiger partial charge in [-0.1, -0.05) is 13.0 Å². The summed E-state index contributed by atoms with van der Waals surface area (Å²) >= 11 is 0. The van der Waals surface area contributed by atoms with E-state index in [1.807, 2.05) is 0 Å². The van der Waals surface area contributed by atoms with Crippen LogP contribution in [0.5, 0.6) is 0 Å². The molecule has 2 unspecified atom stereocenters. The molecule has 0 aromatic carbocycles. The summed E-state index contributed by atoms with van der Waals surface area (Å²) in [5.41, 5.74) is 0. The molecule has 2 radical (unpaired) electrons. The Morgan fingerprint density at radius 1 is 1.30 bits per heavy atom. The number of rotatable bonds is 5. The standard InChI is InChI=1S/C15H20BNO6/c1-2-5-13(19)17(10-18)23-14(20)11-6-3-4-7-12(9-8-11)22-15(16)21/h4,7,10-12H,2-3,5-6,8-9H2,1H3/b7-4+. The Kier molecular flexibility index (Phi) is 8.08. The summed E-state index contributed by atoms with van der Waals surface area (Å²) in [5.74, 6) is -2.57. The van der Waals surface area contributed by atoms with E-state index in [1.165, 1.54) is 0 Å². The molecule has 2 amide bonds. The fourth-order valence-electron chi connectivity index (χ4n) is 2.26. The van der Waals surface area contributed by atoms with Crippen LogP contribution >= 0.6 is 0 Å². The molecule has 1 aliphatic rings. The number of carbonyl (C=O) groups is 4. The fourth-order valence-corrected chi connectivity index (χ4v) is 2.26. The van der Waals surface area contributed by atoms with Crippen LogP contribution in [-0.4, -0.2) is 43.2 Å². The van der Waals surface area contributed by atoms with Gasteiger partial charge in [0.15, 0.2) is 0 Å². The lowest BCUT2D eigenvalue weighted by Gasteiger charge is -2.22. The number of hydrogen-bond donors (Lipinski definition) is 0. The normalized spacial score (nSPS) is 22.1. The van der Waals surface area contributed by atoms with Gasteiger partial charge in [-0.3, -0.25) is 14.4 Å². The minimum absolute atomic E-state index is 0.119. The maximum atomic E-state index is 12.1. The number of nitrogens with zero attached hydrogens (tertiary/aromatic N) is 1. The molecule has 0 heterocycles. The smallest absolute Gasteiger partial charge is 0.336 e. The number of allylic oxidation sites excluding steroid dienone is 1. The summed E-state index contributed by atoms with van der Waals surface area (Å²) in [5, 5.41) is 0.442. The van der Waals surface area contributed by atoms with Crippen LogP contribution in [0.15, 0.2) is 12.2 Å². The zero-order valence-electron chi connectivity index (χ0n) is 13.1. The van der Waals surface area contributed by atoms with Crippen molar-refractivity contribution in [2.75, 3.05) is 0 Å². The molecule has 0 aromatic heterocycles. The molecule has 0 saturated carbocycles. The van der Waals surface area contributed by atoms with E-state index in [1.54, 1.807) is 19.1 Å². The van der Waals surface area contributed by atoms with Crippen molar-refractivity contribution in [2.45, 2.75) is 51.6 Å². The van der Waals surface area contributed by atoms with E-state index in [9.17, 15) is 19.2 Å². The average Bonchev–Trinajstić information content (AvgIpc) is 2.47.